The third-order valence-electron chi connectivity index (χ3n) is 1.91. The van der Waals surface area contributed by atoms with Crippen LogP contribution in [0.25, 0.3) is 0 Å². The maximum absolute atomic E-state index is 10.9. The first-order chi connectivity index (χ1) is 7.04. The van der Waals surface area contributed by atoms with Gasteiger partial charge in [0.25, 0.3) is 0 Å². The summed E-state index contributed by atoms with van der Waals surface area (Å²) in [6.45, 7) is 0. The Labute approximate surface area is 101 Å². The van der Waals surface area contributed by atoms with Crippen LogP contribution >= 0.6 is 22.6 Å². The van der Waals surface area contributed by atoms with Gasteiger partial charge < -0.3 is 14.9 Å². The summed E-state index contributed by atoms with van der Waals surface area (Å²) in [5, 5.41) is 18.7. The number of carbonyl (C=O) groups excluding carboxylic acids is 1. The van der Waals surface area contributed by atoms with Crippen molar-refractivity contribution in [1.82, 2.24) is 0 Å². The van der Waals surface area contributed by atoms with Crippen LogP contribution < -0.4 is 0 Å². The van der Waals surface area contributed by atoms with Gasteiger partial charge in [-0.05, 0) is 40.3 Å². The van der Waals surface area contributed by atoms with Crippen LogP contribution in [-0.4, -0.2) is 29.4 Å². The van der Waals surface area contributed by atoms with Crippen molar-refractivity contribution in [1.29, 1.82) is 0 Å². The highest BCUT2D eigenvalue weighted by Gasteiger charge is 2.16. The van der Waals surface area contributed by atoms with Crippen LogP contribution in [0.1, 0.15) is 5.56 Å². The molecule has 0 aromatic heterocycles. The van der Waals surface area contributed by atoms with E-state index in [0.29, 0.717) is 3.57 Å². The van der Waals surface area contributed by atoms with Crippen molar-refractivity contribution in [3.8, 4) is 5.75 Å². The van der Waals surface area contributed by atoms with E-state index in [2.05, 4.69) is 4.74 Å². The van der Waals surface area contributed by atoms with Gasteiger partial charge >= 0.3 is 5.97 Å². The summed E-state index contributed by atoms with van der Waals surface area (Å²) in [5.74, 6) is -0.468. The third-order valence-corrected chi connectivity index (χ3v) is 2.78. The zero-order valence-corrected chi connectivity index (χ0v) is 10.3. The molecule has 0 aliphatic heterocycles. The highest BCUT2D eigenvalue weighted by Crippen LogP contribution is 2.20. The molecular weight excluding hydrogens is 311 g/mol. The summed E-state index contributed by atoms with van der Waals surface area (Å²) in [7, 11) is 1.23. The van der Waals surface area contributed by atoms with Crippen LogP contribution in [0.5, 0.6) is 5.75 Å². The SMILES string of the molecule is COC(=O)C(O)Cc1ccc(O)c(I)c1. The van der Waals surface area contributed by atoms with E-state index in [-0.39, 0.29) is 12.2 Å². The number of aliphatic hydroxyl groups excluding tert-OH is 1. The van der Waals surface area contributed by atoms with E-state index in [4.69, 9.17) is 0 Å². The van der Waals surface area contributed by atoms with Crippen molar-refractivity contribution in [3.63, 3.8) is 0 Å². The van der Waals surface area contributed by atoms with Gasteiger partial charge in [0.2, 0.25) is 0 Å². The Balaban J connectivity index is 2.73. The Morgan fingerprint density at radius 3 is 2.80 bits per heavy atom. The molecule has 0 spiro atoms. The molecule has 1 aromatic rings. The molecule has 0 saturated carbocycles. The van der Waals surface area contributed by atoms with Gasteiger partial charge in [-0.1, -0.05) is 6.07 Å². The van der Waals surface area contributed by atoms with Crippen molar-refractivity contribution < 1.29 is 19.7 Å². The number of phenols is 1. The maximum atomic E-state index is 10.9. The average Bonchev–Trinajstić information content (AvgIpc) is 2.22. The Bertz CT molecular complexity index is 364. The number of benzene rings is 1. The number of methoxy groups -OCH3 is 1. The average molecular weight is 322 g/mol. The maximum Gasteiger partial charge on any atom is 0.335 e. The first-order valence-electron chi connectivity index (χ1n) is 4.28. The molecule has 82 valence electrons. The van der Waals surface area contributed by atoms with Crippen LogP contribution in [0.15, 0.2) is 18.2 Å². The van der Waals surface area contributed by atoms with Crippen molar-refractivity contribution in [2.75, 3.05) is 7.11 Å². The van der Waals surface area contributed by atoms with Crippen LogP contribution in [0, 0.1) is 3.57 Å². The van der Waals surface area contributed by atoms with Crippen molar-refractivity contribution in [3.05, 3.63) is 27.3 Å². The molecule has 1 aromatic carbocycles. The molecule has 0 bridgehead atoms. The molecule has 2 N–H and O–H groups in total. The lowest BCUT2D eigenvalue weighted by Gasteiger charge is -2.08. The van der Waals surface area contributed by atoms with E-state index in [1.165, 1.54) is 13.2 Å². The molecule has 0 aliphatic rings. The van der Waals surface area contributed by atoms with E-state index in [1.54, 1.807) is 12.1 Å². The number of aromatic hydroxyl groups is 1. The van der Waals surface area contributed by atoms with E-state index < -0.39 is 12.1 Å². The number of phenolic OH excluding ortho intramolecular Hbond substituents is 1. The van der Waals surface area contributed by atoms with Gasteiger partial charge in [0, 0.05) is 6.42 Å². The second-order valence-electron chi connectivity index (χ2n) is 3.03. The summed E-state index contributed by atoms with van der Waals surface area (Å²) in [6.07, 6.45) is -0.974. The summed E-state index contributed by atoms with van der Waals surface area (Å²) in [4.78, 5) is 10.9. The molecule has 0 aliphatic carbocycles. The smallest absolute Gasteiger partial charge is 0.335 e. The number of esters is 1. The fraction of sp³-hybridized carbons (Fsp3) is 0.300. The third kappa shape index (κ3) is 3.35. The zero-order valence-electron chi connectivity index (χ0n) is 8.11. The number of aliphatic hydroxyl groups is 1. The highest BCUT2D eigenvalue weighted by molar-refractivity contribution is 14.1. The summed E-state index contributed by atoms with van der Waals surface area (Å²) >= 11 is 1.98. The van der Waals surface area contributed by atoms with Crippen LogP contribution in [0.4, 0.5) is 0 Å². The minimum Gasteiger partial charge on any atom is -0.507 e. The highest BCUT2D eigenvalue weighted by atomic mass is 127. The van der Waals surface area contributed by atoms with Gasteiger partial charge in [-0.25, -0.2) is 4.79 Å². The van der Waals surface area contributed by atoms with Gasteiger partial charge in [0.05, 0.1) is 10.7 Å². The topological polar surface area (TPSA) is 66.8 Å². The lowest BCUT2D eigenvalue weighted by Crippen LogP contribution is -2.24. The van der Waals surface area contributed by atoms with Gasteiger partial charge in [-0.2, -0.15) is 0 Å². The van der Waals surface area contributed by atoms with E-state index >= 15 is 0 Å². The summed E-state index contributed by atoms with van der Waals surface area (Å²) < 4.78 is 5.08. The van der Waals surface area contributed by atoms with Crippen LogP contribution in [0.2, 0.25) is 0 Å². The number of hydrogen-bond donors (Lipinski definition) is 2. The number of rotatable bonds is 3. The molecule has 1 atom stereocenters. The molecule has 0 radical (unpaired) electrons. The first-order valence-corrected chi connectivity index (χ1v) is 5.35. The van der Waals surface area contributed by atoms with Gasteiger partial charge in [0.1, 0.15) is 5.75 Å². The quantitative estimate of drug-likeness (QED) is 0.645. The largest absolute Gasteiger partial charge is 0.507 e. The predicted octanol–water partition coefficient (Wildman–Crippen LogP) is 1.07. The fourth-order valence-electron chi connectivity index (χ4n) is 1.12. The molecule has 0 heterocycles. The molecule has 1 unspecified atom stereocenters. The minimum atomic E-state index is -1.16. The first kappa shape index (κ1) is 12.3. The molecule has 5 heteroatoms. The fourth-order valence-corrected chi connectivity index (χ4v) is 1.70. The standard InChI is InChI=1S/C10H11IO4/c1-15-10(14)9(13)5-6-2-3-8(12)7(11)4-6/h2-4,9,12-13H,5H2,1H3. The summed E-state index contributed by atoms with van der Waals surface area (Å²) in [6, 6.07) is 4.90. The van der Waals surface area contributed by atoms with Crippen molar-refractivity contribution in [2.24, 2.45) is 0 Å². The van der Waals surface area contributed by atoms with E-state index in [0.717, 1.165) is 5.56 Å². The number of hydrogen-bond acceptors (Lipinski definition) is 4. The normalized spacial score (nSPS) is 12.2. The van der Waals surface area contributed by atoms with Gasteiger partial charge in [-0.3, -0.25) is 0 Å². The summed E-state index contributed by atoms with van der Waals surface area (Å²) in [5.41, 5.74) is 0.773. The lowest BCUT2D eigenvalue weighted by atomic mass is 10.1. The molecule has 0 amide bonds. The molecule has 15 heavy (non-hydrogen) atoms. The van der Waals surface area contributed by atoms with Crippen LogP contribution in [-0.2, 0) is 16.0 Å². The van der Waals surface area contributed by atoms with Gasteiger partial charge in [0.15, 0.2) is 6.10 Å². The zero-order chi connectivity index (χ0) is 11.4. The second kappa shape index (κ2) is 5.32. The van der Waals surface area contributed by atoms with Gasteiger partial charge in [-0.15, -0.1) is 0 Å². The Morgan fingerprint density at radius 1 is 1.60 bits per heavy atom. The molecule has 1 rings (SSSR count). The van der Waals surface area contributed by atoms with E-state index in [9.17, 15) is 15.0 Å². The van der Waals surface area contributed by atoms with E-state index in [1.807, 2.05) is 22.6 Å². The van der Waals surface area contributed by atoms with Crippen molar-refractivity contribution >= 4 is 28.6 Å². The predicted molar refractivity (Wildman–Crippen MR) is 62.6 cm³/mol. The minimum absolute atomic E-state index is 0.183. The molecule has 0 fully saturated rings. The van der Waals surface area contributed by atoms with Crippen molar-refractivity contribution in [2.45, 2.75) is 12.5 Å². The molecular formula is C10H11IO4. The second-order valence-corrected chi connectivity index (χ2v) is 4.19. The molecule has 0 saturated heterocycles. The van der Waals surface area contributed by atoms with Crippen LogP contribution in [0.3, 0.4) is 0 Å². The Hall–Kier alpha value is -0.820. The molecule has 4 nitrogen and oxygen atoms in total. The Morgan fingerprint density at radius 2 is 2.27 bits per heavy atom. The number of halogens is 1. The lowest BCUT2D eigenvalue weighted by molar-refractivity contribution is -0.150. The monoisotopic (exact) mass is 322 g/mol. The number of carbonyl (C=O) groups is 1. The Kier molecular flexibility index (Phi) is 4.34. The number of ether oxygens (including phenoxy) is 1.